The van der Waals surface area contributed by atoms with Crippen molar-refractivity contribution in [1.82, 2.24) is 0 Å². The molecule has 0 N–H and O–H groups in total. The maximum absolute atomic E-state index is 6.48. The number of hydrogen-bond acceptors (Lipinski definition) is 3. The summed E-state index contributed by atoms with van der Waals surface area (Å²) >= 11 is 0. The highest BCUT2D eigenvalue weighted by Gasteiger charge is 2.57. The first-order valence-electron chi connectivity index (χ1n) is 10.1. The van der Waals surface area contributed by atoms with Crippen molar-refractivity contribution in [2.45, 2.75) is 31.4 Å². The lowest BCUT2D eigenvalue weighted by molar-refractivity contribution is -0.0688. The molecule has 0 saturated carbocycles. The summed E-state index contributed by atoms with van der Waals surface area (Å²) < 4.78 is 6.48. The van der Waals surface area contributed by atoms with E-state index in [-0.39, 0.29) is 5.41 Å². The topological polar surface area (TPSA) is 15.7 Å². The van der Waals surface area contributed by atoms with Crippen molar-refractivity contribution in [2.24, 2.45) is 0 Å². The predicted octanol–water partition coefficient (Wildman–Crippen LogP) is 5.24. The summed E-state index contributed by atoms with van der Waals surface area (Å²) in [6.07, 6.45) is 9.72. The Morgan fingerprint density at radius 3 is 2.50 bits per heavy atom. The van der Waals surface area contributed by atoms with Crippen LogP contribution in [-0.2, 0) is 10.2 Å². The fraction of sp³-hybridized carbons (Fsp3) is 0.360. The molecule has 2 aromatic rings. The van der Waals surface area contributed by atoms with Crippen LogP contribution >= 0.6 is 0 Å². The molecule has 146 valence electrons. The number of fused-ring (bicyclic) bond motifs is 3. The van der Waals surface area contributed by atoms with Crippen LogP contribution in [0.4, 0.5) is 11.4 Å². The van der Waals surface area contributed by atoms with E-state index in [1.54, 1.807) is 0 Å². The number of rotatable bonds is 4. The third kappa shape index (κ3) is 2.94. The lowest BCUT2D eigenvalue weighted by Crippen LogP contribution is -2.59. The van der Waals surface area contributed by atoms with E-state index in [9.17, 15) is 0 Å². The molecular formula is C25H30N2O. The normalized spacial score (nSPS) is 23.2. The molecule has 1 saturated heterocycles. The maximum atomic E-state index is 6.48. The summed E-state index contributed by atoms with van der Waals surface area (Å²) in [5, 5.41) is 0. The molecule has 0 radical (unpaired) electrons. The van der Waals surface area contributed by atoms with Crippen LogP contribution in [0.1, 0.15) is 31.4 Å². The van der Waals surface area contributed by atoms with E-state index < -0.39 is 5.72 Å². The number of anilines is 2. The molecule has 1 unspecified atom stereocenters. The van der Waals surface area contributed by atoms with Gasteiger partial charge in [0, 0.05) is 37.4 Å². The van der Waals surface area contributed by atoms with Gasteiger partial charge in [0.2, 0.25) is 0 Å². The minimum Gasteiger partial charge on any atom is -0.378 e. The number of benzene rings is 2. The molecule has 2 heterocycles. The zero-order valence-electron chi connectivity index (χ0n) is 17.4. The van der Waals surface area contributed by atoms with E-state index >= 15 is 0 Å². The smallest absolute Gasteiger partial charge is 0.169 e. The molecule has 3 nitrogen and oxygen atoms in total. The summed E-state index contributed by atoms with van der Waals surface area (Å²) in [7, 11) is 4.12. The zero-order valence-corrected chi connectivity index (χ0v) is 17.4. The second-order valence-corrected chi connectivity index (χ2v) is 8.40. The number of ether oxygens (including phenoxy) is 1. The molecule has 2 aliphatic heterocycles. The van der Waals surface area contributed by atoms with E-state index in [4.69, 9.17) is 4.74 Å². The molecule has 0 spiro atoms. The van der Waals surface area contributed by atoms with Crippen LogP contribution < -0.4 is 9.80 Å². The molecule has 4 rings (SSSR count). The maximum Gasteiger partial charge on any atom is 0.169 e. The molecule has 28 heavy (non-hydrogen) atoms. The monoisotopic (exact) mass is 374 g/mol. The molecule has 0 bridgehead atoms. The van der Waals surface area contributed by atoms with Gasteiger partial charge >= 0.3 is 0 Å². The van der Waals surface area contributed by atoms with Crippen molar-refractivity contribution in [2.75, 3.05) is 37.0 Å². The average molecular weight is 375 g/mol. The Morgan fingerprint density at radius 1 is 1.00 bits per heavy atom. The molecule has 2 aromatic carbocycles. The van der Waals surface area contributed by atoms with Gasteiger partial charge in [-0.3, -0.25) is 0 Å². The Hall–Kier alpha value is -2.52. The van der Waals surface area contributed by atoms with Crippen LogP contribution in [0.15, 0.2) is 66.8 Å². The van der Waals surface area contributed by atoms with Crippen LogP contribution in [0.25, 0.3) is 6.08 Å². The van der Waals surface area contributed by atoms with Crippen LogP contribution in [0, 0.1) is 0 Å². The Bertz CT molecular complexity index is 895. The Balaban J connectivity index is 1.60. The van der Waals surface area contributed by atoms with Gasteiger partial charge in [-0.1, -0.05) is 62.4 Å². The highest BCUT2D eigenvalue weighted by atomic mass is 16.5. The molecule has 0 aliphatic carbocycles. The summed E-state index contributed by atoms with van der Waals surface area (Å²) in [6, 6.07) is 17.3. The first kappa shape index (κ1) is 18.8. The predicted molar refractivity (Wildman–Crippen MR) is 119 cm³/mol. The lowest BCUT2D eigenvalue weighted by atomic mass is 9.77. The third-order valence-electron chi connectivity index (χ3n) is 6.14. The van der Waals surface area contributed by atoms with Gasteiger partial charge < -0.3 is 14.5 Å². The van der Waals surface area contributed by atoms with E-state index in [0.29, 0.717) is 0 Å². The summed E-state index contributed by atoms with van der Waals surface area (Å²) in [4.78, 5) is 4.56. The van der Waals surface area contributed by atoms with Crippen LogP contribution in [0.3, 0.4) is 0 Å². The zero-order chi connectivity index (χ0) is 19.8. The van der Waals surface area contributed by atoms with Gasteiger partial charge in [0.05, 0.1) is 6.61 Å². The SMILES string of the molecule is CN(C)c1ccc(/C=C/C=C/C23OCCCN2c2ccccc2C3(C)C)cc1. The minimum atomic E-state index is -0.423. The molecular weight excluding hydrogens is 344 g/mol. The largest absolute Gasteiger partial charge is 0.378 e. The molecule has 1 atom stereocenters. The van der Waals surface area contributed by atoms with Gasteiger partial charge in [0.15, 0.2) is 5.72 Å². The molecule has 2 aliphatic rings. The quantitative estimate of drug-likeness (QED) is 0.681. The summed E-state index contributed by atoms with van der Waals surface area (Å²) in [5.74, 6) is 0. The lowest BCUT2D eigenvalue weighted by Gasteiger charge is -2.48. The fourth-order valence-corrected chi connectivity index (χ4v) is 4.52. The first-order chi connectivity index (χ1) is 13.5. The van der Waals surface area contributed by atoms with Crippen LogP contribution in [0.5, 0.6) is 0 Å². The van der Waals surface area contributed by atoms with Gasteiger partial charge in [-0.15, -0.1) is 0 Å². The van der Waals surface area contributed by atoms with Crippen molar-refractivity contribution in [3.63, 3.8) is 0 Å². The second kappa shape index (κ2) is 7.14. The molecule has 3 heteroatoms. The van der Waals surface area contributed by atoms with Crippen LogP contribution in [0.2, 0.25) is 0 Å². The highest BCUT2D eigenvalue weighted by Crippen LogP contribution is 2.54. The molecule has 0 aromatic heterocycles. The second-order valence-electron chi connectivity index (χ2n) is 8.40. The number of nitrogens with zero attached hydrogens (tertiary/aromatic N) is 2. The summed E-state index contributed by atoms with van der Waals surface area (Å²) in [5.41, 5.74) is 4.55. The number of allylic oxidation sites excluding steroid dienone is 2. The van der Waals surface area contributed by atoms with Gasteiger partial charge in [-0.05, 0) is 41.8 Å². The number of hydrogen-bond donors (Lipinski definition) is 0. The van der Waals surface area contributed by atoms with Crippen molar-refractivity contribution in [3.8, 4) is 0 Å². The van der Waals surface area contributed by atoms with E-state index in [1.807, 2.05) is 0 Å². The molecule has 0 amide bonds. The standard InChI is InChI=1S/C25H30N2O/c1-24(2)22-11-5-6-12-23(22)27-18-9-19-28-25(24,27)17-8-7-10-20-13-15-21(16-14-20)26(3)4/h5-8,10-17H,9,18-19H2,1-4H3/b10-7+,17-8+. The van der Waals surface area contributed by atoms with Gasteiger partial charge in [-0.25, -0.2) is 0 Å². The van der Waals surface area contributed by atoms with Crippen molar-refractivity contribution < 1.29 is 4.74 Å². The van der Waals surface area contributed by atoms with E-state index in [2.05, 4.69) is 111 Å². The Kier molecular flexibility index (Phi) is 4.80. The van der Waals surface area contributed by atoms with E-state index in [0.717, 1.165) is 19.6 Å². The van der Waals surface area contributed by atoms with Crippen molar-refractivity contribution in [1.29, 1.82) is 0 Å². The fourth-order valence-electron chi connectivity index (χ4n) is 4.52. The van der Waals surface area contributed by atoms with Gasteiger partial charge in [0.1, 0.15) is 0 Å². The van der Waals surface area contributed by atoms with Crippen molar-refractivity contribution >= 4 is 17.5 Å². The molecule has 1 fully saturated rings. The Morgan fingerprint density at radius 2 is 1.75 bits per heavy atom. The first-order valence-corrected chi connectivity index (χ1v) is 10.1. The van der Waals surface area contributed by atoms with Gasteiger partial charge in [0.25, 0.3) is 0 Å². The van der Waals surface area contributed by atoms with Crippen molar-refractivity contribution in [3.05, 3.63) is 77.9 Å². The van der Waals surface area contributed by atoms with Gasteiger partial charge in [-0.2, -0.15) is 0 Å². The Labute approximate surface area is 168 Å². The average Bonchev–Trinajstić information content (AvgIpc) is 2.91. The van der Waals surface area contributed by atoms with Crippen LogP contribution in [-0.4, -0.2) is 33.0 Å². The number of para-hydroxylation sites is 1. The minimum absolute atomic E-state index is 0.109. The van der Waals surface area contributed by atoms with E-state index in [1.165, 1.54) is 22.5 Å². The summed E-state index contributed by atoms with van der Waals surface area (Å²) in [6.45, 7) is 6.42. The third-order valence-corrected chi connectivity index (χ3v) is 6.14. The highest BCUT2D eigenvalue weighted by molar-refractivity contribution is 5.67.